The molecule has 18 heavy (non-hydrogen) atoms. The van der Waals surface area contributed by atoms with Gasteiger partial charge < -0.3 is 5.11 Å². The van der Waals surface area contributed by atoms with Crippen molar-refractivity contribution in [3.05, 3.63) is 29.8 Å². The van der Waals surface area contributed by atoms with Crippen LogP contribution in [-0.4, -0.2) is 24.7 Å². The minimum Gasteiger partial charge on any atom is -0.480 e. The average molecular weight is 270 g/mol. The van der Waals surface area contributed by atoms with Gasteiger partial charge in [0.2, 0.25) is 0 Å². The van der Waals surface area contributed by atoms with Crippen LogP contribution in [-0.2, 0) is 14.6 Å². The van der Waals surface area contributed by atoms with E-state index in [-0.39, 0.29) is 4.90 Å². The second-order valence-electron chi connectivity index (χ2n) is 4.40. The number of hydrogen-bond acceptors (Lipinski definition) is 3. The molecule has 0 aliphatic rings. The zero-order chi connectivity index (χ0) is 13.9. The van der Waals surface area contributed by atoms with Gasteiger partial charge in [0, 0.05) is 0 Å². The van der Waals surface area contributed by atoms with E-state index >= 15 is 0 Å². The van der Waals surface area contributed by atoms with E-state index in [0.717, 1.165) is 12.0 Å². The number of carboxylic acid groups (broad SMARTS) is 1. The molecule has 0 aliphatic heterocycles. The van der Waals surface area contributed by atoms with Crippen molar-refractivity contribution in [3.63, 3.8) is 0 Å². The molecule has 0 saturated carbocycles. The maximum Gasteiger partial charge on any atom is 0.321 e. The maximum atomic E-state index is 11.9. The summed E-state index contributed by atoms with van der Waals surface area (Å²) >= 11 is 0. The summed E-state index contributed by atoms with van der Waals surface area (Å²) in [6.45, 7) is 5.30. The summed E-state index contributed by atoms with van der Waals surface area (Å²) < 4.78 is 23.9. The van der Waals surface area contributed by atoms with Crippen molar-refractivity contribution in [2.75, 3.05) is 0 Å². The lowest BCUT2D eigenvalue weighted by Gasteiger charge is -2.11. The minimum atomic E-state index is -3.79. The Hall–Kier alpha value is -1.36. The van der Waals surface area contributed by atoms with Crippen molar-refractivity contribution >= 4 is 15.8 Å². The Labute approximate surface area is 108 Å². The largest absolute Gasteiger partial charge is 0.480 e. The molecule has 0 saturated heterocycles. The van der Waals surface area contributed by atoms with Crippen molar-refractivity contribution in [1.29, 1.82) is 0 Å². The Kier molecular flexibility index (Phi) is 4.51. The van der Waals surface area contributed by atoms with Crippen LogP contribution in [0.4, 0.5) is 0 Å². The summed E-state index contributed by atoms with van der Waals surface area (Å²) in [5, 5.41) is 7.36. The first-order valence-corrected chi connectivity index (χ1v) is 7.42. The zero-order valence-corrected chi connectivity index (χ0v) is 11.6. The summed E-state index contributed by atoms with van der Waals surface area (Å²) in [5.74, 6) is -0.973. The average Bonchev–Trinajstić information content (AvgIpc) is 2.36. The van der Waals surface area contributed by atoms with Crippen LogP contribution in [0.2, 0.25) is 0 Å². The summed E-state index contributed by atoms with van der Waals surface area (Å²) in [6, 6.07) is 6.46. The van der Waals surface area contributed by atoms with Crippen LogP contribution < -0.4 is 0 Å². The monoisotopic (exact) mass is 270 g/mol. The number of carbonyl (C=O) groups is 1. The van der Waals surface area contributed by atoms with Crippen LogP contribution in [0.15, 0.2) is 29.2 Å². The van der Waals surface area contributed by atoms with Crippen molar-refractivity contribution in [1.82, 2.24) is 0 Å². The Morgan fingerprint density at radius 3 is 2.11 bits per heavy atom. The van der Waals surface area contributed by atoms with Gasteiger partial charge >= 0.3 is 5.97 Å². The van der Waals surface area contributed by atoms with E-state index in [0.29, 0.717) is 5.92 Å². The smallest absolute Gasteiger partial charge is 0.321 e. The van der Waals surface area contributed by atoms with Gasteiger partial charge in [0.05, 0.1) is 4.90 Å². The van der Waals surface area contributed by atoms with Crippen molar-refractivity contribution in [2.45, 2.75) is 43.3 Å². The fourth-order valence-electron chi connectivity index (χ4n) is 1.56. The molecule has 0 bridgehead atoms. The molecule has 5 heteroatoms. The van der Waals surface area contributed by atoms with E-state index in [1.165, 1.54) is 19.1 Å². The molecule has 0 aromatic heterocycles. The number of benzene rings is 1. The summed E-state index contributed by atoms with van der Waals surface area (Å²) in [7, 11) is -3.79. The summed E-state index contributed by atoms with van der Waals surface area (Å²) in [6.07, 6.45) is 0.970. The van der Waals surface area contributed by atoms with E-state index in [9.17, 15) is 13.2 Å². The third-order valence-electron chi connectivity index (χ3n) is 3.20. The molecule has 2 atom stereocenters. The Morgan fingerprint density at radius 2 is 1.72 bits per heavy atom. The Balaban J connectivity index is 3.09. The lowest BCUT2D eigenvalue weighted by Crippen LogP contribution is -2.26. The van der Waals surface area contributed by atoms with E-state index in [4.69, 9.17) is 5.11 Å². The third kappa shape index (κ3) is 2.90. The van der Waals surface area contributed by atoms with E-state index in [2.05, 4.69) is 13.8 Å². The molecular weight excluding hydrogens is 252 g/mol. The summed E-state index contributed by atoms with van der Waals surface area (Å²) in [5.41, 5.74) is 1.06. The molecule has 1 aromatic rings. The van der Waals surface area contributed by atoms with Crippen LogP contribution in [0.1, 0.15) is 38.7 Å². The molecule has 2 unspecified atom stereocenters. The molecular formula is C13H18O4S. The number of sulfone groups is 1. The van der Waals surface area contributed by atoms with Crippen molar-refractivity contribution in [3.8, 4) is 0 Å². The number of rotatable bonds is 5. The second-order valence-corrected chi connectivity index (χ2v) is 6.67. The minimum absolute atomic E-state index is 0.0597. The number of hydrogen-bond donors (Lipinski definition) is 1. The molecule has 100 valence electrons. The lowest BCUT2D eigenvalue weighted by atomic mass is 9.99. The molecule has 4 nitrogen and oxygen atoms in total. The Morgan fingerprint density at radius 1 is 1.22 bits per heavy atom. The third-order valence-corrected chi connectivity index (χ3v) is 5.27. The molecule has 0 fully saturated rings. The van der Waals surface area contributed by atoms with Crippen molar-refractivity contribution in [2.24, 2.45) is 0 Å². The number of carboxylic acids is 1. The summed E-state index contributed by atoms with van der Waals surface area (Å²) in [4.78, 5) is 10.8. The molecule has 0 aliphatic carbocycles. The SMILES string of the molecule is CCC(C)c1ccc(S(=O)(=O)C(C)C(=O)O)cc1. The first-order chi connectivity index (χ1) is 8.30. The second kappa shape index (κ2) is 5.52. The molecule has 1 N–H and O–H groups in total. The van der Waals surface area contributed by atoms with Gasteiger partial charge in [-0.2, -0.15) is 0 Å². The van der Waals surface area contributed by atoms with Crippen LogP contribution in [0.3, 0.4) is 0 Å². The molecule has 1 aromatic carbocycles. The van der Waals surface area contributed by atoms with Gasteiger partial charge in [-0.15, -0.1) is 0 Å². The predicted molar refractivity (Wildman–Crippen MR) is 69.4 cm³/mol. The van der Waals surface area contributed by atoms with Crippen molar-refractivity contribution < 1.29 is 18.3 Å². The molecule has 1 rings (SSSR count). The maximum absolute atomic E-state index is 11.9. The highest BCUT2D eigenvalue weighted by atomic mass is 32.2. The van der Waals surface area contributed by atoms with E-state index in [1.54, 1.807) is 12.1 Å². The van der Waals surface area contributed by atoms with E-state index in [1.807, 2.05) is 0 Å². The zero-order valence-electron chi connectivity index (χ0n) is 10.8. The van der Waals surface area contributed by atoms with E-state index < -0.39 is 21.1 Å². The van der Waals surface area contributed by atoms with Gasteiger partial charge in [0.25, 0.3) is 0 Å². The highest BCUT2D eigenvalue weighted by Gasteiger charge is 2.29. The highest BCUT2D eigenvalue weighted by molar-refractivity contribution is 7.92. The topological polar surface area (TPSA) is 71.4 Å². The standard InChI is InChI=1S/C13H18O4S/c1-4-9(2)11-5-7-12(8-6-11)18(16,17)10(3)13(14)15/h5-10H,4H2,1-3H3,(H,14,15). The van der Waals surface area contributed by atoms with Crippen LogP contribution in [0, 0.1) is 0 Å². The first-order valence-electron chi connectivity index (χ1n) is 5.87. The molecule has 0 heterocycles. The van der Waals surface area contributed by atoms with Gasteiger partial charge in [0.1, 0.15) is 0 Å². The molecule has 0 radical (unpaired) electrons. The van der Waals surface area contributed by atoms with Gasteiger partial charge in [-0.3, -0.25) is 4.79 Å². The van der Waals surface area contributed by atoms with Gasteiger partial charge in [-0.1, -0.05) is 26.0 Å². The van der Waals surface area contributed by atoms with Gasteiger partial charge in [0.15, 0.2) is 15.1 Å². The van der Waals surface area contributed by atoms with Crippen LogP contribution in [0.5, 0.6) is 0 Å². The first kappa shape index (κ1) is 14.7. The molecule has 0 amide bonds. The van der Waals surface area contributed by atoms with Gasteiger partial charge in [-0.25, -0.2) is 8.42 Å². The van der Waals surface area contributed by atoms with Crippen LogP contribution >= 0.6 is 0 Å². The fraction of sp³-hybridized carbons (Fsp3) is 0.462. The predicted octanol–water partition coefficient (Wildman–Crippen LogP) is 2.45. The highest BCUT2D eigenvalue weighted by Crippen LogP contribution is 2.22. The quantitative estimate of drug-likeness (QED) is 0.892. The lowest BCUT2D eigenvalue weighted by molar-refractivity contribution is -0.136. The van der Waals surface area contributed by atoms with Gasteiger partial charge in [-0.05, 0) is 37.0 Å². The Bertz CT molecular complexity index is 516. The fourth-order valence-corrected chi connectivity index (χ4v) is 2.75. The van der Waals surface area contributed by atoms with Crippen LogP contribution in [0.25, 0.3) is 0 Å². The molecule has 0 spiro atoms. The normalized spacial score (nSPS) is 15.1. The number of aliphatic carboxylic acids is 1.